The molecule has 5 rings (SSSR count). The number of ether oxygens (including phenoxy) is 1. The lowest BCUT2D eigenvalue weighted by molar-refractivity contribution is 0.370. The van der Waals surface area contributed by atoms with Gasteiger partial charge in [-0.2, -0.15) is 4.98 Å². The molecule has 9 heteroatoms. The lowest BCUT2D eigenvalue weighted by Gasteiger charge is -2.38. The van der Waals surface area contributed by atoms with Crippen LogP contribution in [0.5, 0.6) is 11.8 Å². The Balaban J connectivity index is 1.33. The van der Waals surface area contributed by atoms with Crippen LogP contribution in [-0.2, 0) is 6.54 Å². The van der Waals surface area contributed by atoms with Crippen molar-refractivity contribution in [1.82, 2.24) is 24.7 Å². The van der Waals surface area contributed by atoms with Crippen LogP contribution in [0.3, 0.4) is 0 Å². The number of hydrogen-bond acceptors (Lipinski definition) is 7. The molecule has 0 spiro atoms. The highest BCUT2D eigenvalue weighted by Crippen LogP contribution is 2.40. The minimum atomic E-state index is 0.340. The minimum Gasteiger partial charge on any atom is -0.423 e. The van der Waals surface area contributed by atoms with E-state index >= 15 is 0 Å². The number of nitrogens with one attached hydrogen (secondary N) is 1. The largest absolute Gasteiger partial charge is 0.423 e. The molecule has 3 aromatic rings. The SMILES string of the molecule is Cc1cc(N2C[C@H]3CC[C@@H](C2)[C@@H]3Nc2nc(Oc3ccccc3Cl)n(CC(C)C)n2)ncn1. The topological polar surface area (TPSA) is 81.0 Å². The molecule has 2 aromatic heterocycles. The van der Waals surface area contributed by atoms with Gasteiger partial charge in [-0.05, 0) is 49.7 Å². The highest BCUT2D eigenvalue weighted by atomic mass is 35.5. The summed E-state index contributed by atoms with van der Waals surface area (Å²) in [5.74, 6) is 3.66. The Bertz CT molecular complexity index is 1100. The molecule has 1 saturated heterocycles. The van der Waals surface area contributed by atoms with Crippen molar-refractivity contribution in [3.05, 3.63) is 47.4 Å². The molecule has 2 aliphatic rings. The first kappa shape index (κ1) is 21.9. The number of rotatable bonds is 7. The number of nitrogens with zero attached hydrogens (tertiary/aromatic N) is 6. The van der Waals surface area contributed by atoms with E-state index in [9.17, 15) is 0 Å². The van der Waals surface area contributed by atoms with Crippen molar-refractivity contribution in [2.75, 3.05) is 23.3 Å². The van der Waals surface area contributed by atoms with E-state index in [0.717, 1.165) is 24.6 Å². The van der Waals surface area contributed by atoms with E-state index < -0.39 is 0 Å². The summed E-state index contributed by atoms with van der Waals surface area (Å²) in [6.07, 6.45) is 4.04. The second-order valence-electron chi connectivity index (χ2n) is 9.52. The van der Waals surface area contributed by atoms with Crippen molar-refractivity contribution in [2.24, 2.45) is 17.8 Å². The molecule has 0 radical (unpaired) electrons. The lowest BCUT2D eigenvalue weighted by Crippen LogP contribution is -2.48. The maximum absolute atomic E-state index is 6.30. The Labute approximate surface area is 199 Å². The third-order valence-electron chi connectivity index (χ3n) is 6.46. The van der Waals surface area contributed by atoms with Gasteiger partial charge in [0.05, 0.1) is 5.02 Å². The quantitative estimate of drug-likeness (QED) is 0.534. The zero-order chi connectivity index (χ0) is 22.9. The first-order chi connectivity index (χ1) is 16.0. The number of para-hydroxylation sites is 1. The van der Waals surface area contributed by atoms with Crippen LogP contribution in [0, 0.1) is 24.7 Å². The third kappa shape index (κ3) is 4.76. The van der Waals surface area contributed by atoms with Crippen molar-refractivity contribution >= 4 is 23.4 Å². The van der Waals surface area contributed by atoms with Crippen LogP contribution in [0.15, 0.2) is 36.7 Å². The molecule has 0 unspecified atom stereocenters. The zero-order valence-electron chi connectivity index (χ0n) is 19.3. The normalized spacial score (nSPS) is 22.1. The summed E-state index contributed by atoms with van der Waals surface area (Å²) in [5, 5.41) is 8.95. The van der Waals surface area contributed by atoms with Gasteiger partial charge in [0.25, 0.3) is 0 Å². The monoisotopic (exact) mass is 467 g/mol. The van der Waals surface area contributed by atoms with Crippen LogP contribution < -0.4 is 15.0 Å². The first-order valence-electron chi connectivity index (χ1n) is 11.6. The van der Waals surface area contributed by atoms with Crippen molar-refractivity contribution in [1.29, 1.82) is 0 Å². The summed E-state index contributed by atoms with van der Waals surface area (Å²) in [4.78, 5) is 15.8. The van der Waals surface area contributed by atoms with E-state index in [2.05, 4.69) is 40.1 Å². The Morgan fingerprint density at radius 3 is 2.61 bits per heavy atom. The fourth-order valence-corrected chi connectivity index (χ4v) is 5.14. The number of piperidine rings is 1. The van der Waals surface area contributed by atoms with Gasteiger partial charge < -0.3 is 15.0 Å². The Kier molecular flexibility index (Phi) is 6.10. The van der Waals surface area contributed by atoms with Crippen LogP contribution in [-0.4, -0.2) is 43.9 Å². The highest BCUT2D eigenvalue weighted by molar-refractivity contribution is 6.32. The average Bonchev–Trinajstić information content (AvgIpc) is 3.24. The molecule has 3 atom stereocenters. The van der Waals surface area contributed by atoms with Gasteiger partial charge in [-0.3, -0.25) is 0 Å². The van der Waals surface area contributed by atoms with Crippen molar-refractivity contribution in [3.8, 4) is 11.8 Å². The molecule has 174 valence electrons. The molecular weight excluding hydrogens is 438 g/mol. The van der Waals surface area contributed by atoms with Crippen LogP contribution in [0.2, 0.25) is 5.02 Å². The molecule has 2 fully saturated rings. The summed E-state index contributed by atoms with van der Waals surface area (Å²) in [5.41, 5.74) is 0.999. The number of aromatic nitrogens is 5. The smallest absolute Gasteiger partial charge is 0.322 e. The molecule has 1 aliphatic carbocycles. The van der Waals surface area contributed by atoms with Gasteiger partial charge in [-0.15, -0.1) is 5.10 Å². The molecular formula is C24H30ClN7O. The number of aryl methyl sites for hydroxylation is 1. The summed E-state index contributed by atoms with van der Waals surface area (Å²) in [6.45, 7) is 8.97. The Morgan fingerprint density at radius 2 is 1.91 bits per heavy atom. The van der Waals surface area contributed by atoms with Gasteiger partial charge in [0, 0.05) is 37.4 Å². The second kappa shape index (κ2) is 9.17. The third-order valence-corrected chi connectivity index (χ3v) is 6.77. The van der Waals surface area contributed by atoms with E-state index in [1.807, 2.05) is 35.9 Å². The number of halogens is 1. The van der Waals surface area contributed by atoms with E-state index in [0.29, 0.717) is 53.1 Å². The molecule has 33 heavy (non-hydrogen) atoms. The molecule has 1 aliphatic heterocycles. The molecule has 8 nitrogen and oxygen atoms in total. The average molecular weight is 468 g/mol. The van der Waals surface area contributed by atoms with Crippen LogP contribution in [0.1, 0.15) is 32.4 Å². The highest BCUT2D eigenvalue weighted by Gasteiger charge is 2.43. The van der Waals surface area contributed by atoms with Crippen molar-refractivity contribution in [2.45, 2.75) is 46.2 Å². The van der Waals surface area contributed by atoms with Gasteiger partial charge in [0.15, 0.2) is 0 Å². The first-order valence-corrected chi connectivity index (χ1v) is 12.0. The number of benzene rings is 1. The van der Waals surface area contributed by atoms with Gasteiger partial charge in [-0.1, -0.05) is 37.6 Å². The van der Waals surface area contributed by atoms with Crippen LogP contribution in [0.25, 0.3) is 0 Å². The van der Waals surface area contributed by atoms with E-state index in [1.165, 1.54) is 12.8 Å². The van der Waals surface area contributed by atoms with Crippen molar-refractivity contribution in [3.63, 3.8) is 0 Å². The maximum Gasteiger partial charge on any atom is 0.322 e. The summed E-state index contributed by atoms with van der Waals surface area (Å²) >= 11 is 6.30. The zero-order valence-corrected chi connectivity index (χ0v) is 20.0. The standard InChI is InChI=1S/C24H30ClN7O/c1-15(2)11-32-24(33-20-7-5-4-6-19(20)25)29-23(30-32)28-22-17-8-9-18(22)13-31(12-17)21-10-16(3)26-14-27-21/h4-7,10,14-15,17-18,22H,8-9,11-13H2,1-3H3,(H,28,30)/t17-,18+,22-. The molecule has 2 bridgehead atoms. The van der Waals surface area contributed by atoms with E-state index in [4.69, 9.17) is 26.4 Å². The second-order valence-corrected chi connectivity index (χ2v) is 9.92. The maximum atomic E-state index is 6.30. The summed E-state index contributed by atoms with van der Waals surface area (Å²) in [6, 6.07) is 10.3. The minimum absolute atomic E-state index is 0.340. The lowest BCUT2D eigenvalue weighted by atomic mass is 9.92. The number of fused-ring (bicyclic) bond motifs is 2. The van der Waals surface area contributed by atoms with Gasteiger partial charge in [0.1, 0.15) is 17.9 Å². The summed E-state index contributed by atoms with van der Waals surface area (Å²) < 4.78 is 7.89. The molecule has 0 amide bonds. The van der Waals surface area contributed by atoms with Gasteiger partial charge >= 0.3 is 6.01 Å². The molecule has 1 saturated carbocycles. The Morgan fingerprint density at radius 1 is 1.15 bits per heavy atom. The predicted octanol–water partition coefficient (Wildman–Crippen LogP) is 4.81. The van der Waals surface area contributed by atoms with Gasteiger partial charge in [0.2, 0.25) is 5.95 Å². The predicted molar refractivity (Wildman–Crippen MR) is 129 cm³/mol. The van der Waals surface area contributed by atoms with Crippen molar-refractivity contribution < 1.29 is 4.74 Å². The van der Waals surface area contributed by atoms with Gasteiger partial charge in [-0.25, -0.2) is 14.6 Å². The van der Waals surface area contributed by atoms with Crippen LogP contribution >= 0.6 is 11.6 Å². The number of hydrogen-bond donors (Lipinski definition) is 1. The molecule has 1 N–H and O–H groups in total. The number of anilines is 2. The summed E-state index contributed by atoms with van der Waals surface area (Å²) in [7, 11) is 0. The van der Waals surface area contributed by atoms with Crippen LogP contribution in [0.4, 0.5) is 11.8 Å². The Hall–Kier alpha value is -2.87. The fourth-order valence-electron chi connectivity index (χ4n) is 4.96. The van der Waals surface area contributed by atoms with E-state index in [-0.39, 0.29) is 0 Å². The molecule has 1 aromatic carbocycles. The molecule has 3 heterocycles. The fraction of sp³-hybridized carbons (Fsp3) is 0.500. The van der Waals surface area contributed by atoms with E-state index in [1.54, 1.807) is 6.33 Å².